The highest BCUT2D eigenvalue weighted by Crippen LogP contribution is 2.30. The Morgan fingerprint density at radius 2 is 1.62 bits per heavy atom. The molecule has 0 bridgehead atoms. The van der Waals surface area contributed by atoms with Gasteiger partial charge in [-0.1, -0.05) is 23.7 Å². The summed E-state index contributed by atoms with van der Waals surface area (Å²) in [6.07, 6.45) is 1.25. The van der Waals surface area contributed by atoms with Crippen molar-refractivity contribution in [1.82, 2.24) is 5.32 Å². The van der Waals surface area contributed by atoms with Crippen molar-refractivity contribution in [2.75, 3.05) is 12.0 Å². The molecule has 1 aliphatic heterocycles. The normalized spacial score (nSPS) is 14.7. The number of methoxy groups -OCH3 is 1. The van der Waals surface area contributed by atoms with Gasteiger partial charge in [0.05, 0.1) is 18.9 Å². The molecule has 190 valence electrons. The standard InChI is InChI=1S/C28H25ClN2O6/c1-17(2)37-25-15-23(35-3)11-6-19(25)14-24-26(32)30-28(34)31(27(24)33)21-9-12-22(13-10-21)36-16-18-4-7-20(29)8-5-18/h4-15,17H,16H2,1-3H3,(H,30,32,34)/b24-14+. The van der Waals surface area contributed by atoms with Gasteiger partial charge in [0.15, 0.2) is 0 Å². The first kappa shape index (κ1) is 25.8. The van der Waals surface area contributed by atoms with E-state index in [0.717, 1.165) is 10.5 Å². The number of barbiturate groups is 1. The van der Waals surface area contributed by atoms with Crippen LogP contribution in [0.2, 0.25) is 5.02 Å². The van der Waals surface area contributed by atoms with Gasteiger partial charge < -0.3 is 14.2 Å². The van der Waals surface area contributed by atoms with Crippen LogP contribution in [0.5, 0.6) is 17.2 Å². The van der Waals surface area contributed by atoms with Crippen molar-refractivity contribution in [1.29, 1.82) is 0 Å². The van der Waals surface area contributed by atoms with Crippen LogP contribution in [0.25, 0.3) is 6.08 Å². The second kappa shape index (κ2) is 11.2. The molecule has 0 aromatic heterocycles. The summed E-state index contributed by atoms with van der Waals surface area (Å²) in [6.45, 7) is 4.04. The summed E-state index contributed by atoms with van der Waals surface area (Å²) < 4.78 is 16.9. The van der Waals surface area contributed by atoms with Crippen LogP contribution >= 0.6 is 11.6 Å². The van der Waals surface area contributed by atoms with Crippen molar-refractivity contribution < 1.29 is 28.6 Å². The van der Waals surface area contributed by atoms with Crippen molar-refractivity contribution in [2.45, 2.75) is 26.6 Å². The molecule has 9 heteroatoms. The van der Waals surface area contributed by atoms with Gasteiger partial charge in [-0.2, -0.15) is 0 Å². The van der Waals surface area contributed by atoms with E-state index in [-0.39, 0.29) is 17.4 Å². The monoisotopic (exact) mass is 520 g/mol. The number of imide groups is 2. The van der Waals surface area contributed by atoms with Crippen LogP contribution in [0.4, 0.5) is 10.5 Å². The van der Waals surface area contributed by atoms with Crippen LogP contribution in [-0.4, -0.2) is 31.1 Å². The first-order valence-corrected chi connectivity index (χ1v) is 11.9. The van der Waals surface area contributed by atoms with E-state index in [1.165, 1.54) is 13.2 Å². The number of urea groups is 1. The van der Waals surface area contributed by atoms with Crippen LogP contribution < -0.4 is 24.4 Å². The number of amides is 4. The largest absolute Gasteiger partial charge is 0.497 e. The summed E-state index contributed by atoms with van der Waals surface area (Å²) in [4.78, 5) is 39.4. The average molecular weight is 521 g/mol. The number of hydrogen-bond acceptors (Lipinski definition) is 6. The molecule has 0 radical (unpaired) electrons. The number of rotatable bonds is 8. The Morgan fingerprint density at radius 3 is 2.27 bits per heavy atom. The minimum absolute atomic E-state index is 0.154. The van der Waals surface area contributed by atoms with E-state index in [9.17, 15) is 14.4 Å². The number of nitrogens with zero attached hydrogens (tertiary/aromatic N) is 1. The molecule has 3 aromatic rings. The number of halogens is 1. The smallest absolute Gasteiger partial charge is 0.335 e. The Morgan fingerprint density at radius 1 is 0.946 bits per heavy atom. The molecular formula is C28H25ClN2O6. The quantitative estimate of drug-likeness (QED) is 0.316. The molecule has 0 unspecified atom stereocenters. The van der Waals surface area contributed by atoms with Crippen molar-refractivity contribution >= 4 is 41.2 Å². The second-order valence-electron chi connectivity index (χ2n) is 8.44. The third-order valence-corrected chi connectivity index (χ3v) is 5.65. The van der Waals surface area contributed by atoms with E-state index in [1.54, 1.807) is 54.6 Å². The molecule has 1 saturated heterocycles. The summed E-state index contributed by atoms with van der Waals surface area (Å²) in [5.74, 6) is -0.0000142. The lowest BCUT2D eigenvalue weighted by atomic mass is 10.1. The third kappa shape index (κ3) is 6.10. The molecule has 37 heavy (non-hydrogen) atoms. The van der Waals surface area contributed by atoms with Gasteiger partial charge >= 0.3 is 6.03 Å². The molecule has 3 aromatic carbocycles. The van der Waals surface area contributed by atoms with Crippen molar-refractivity contribution in [3.05, 3.63) is 88.5 Å². The molecule has 0 atom stereocenters. The number of carbonyl (C=O) groups is 3. The Hall–Kier alpha value is -4.30. The molecule has 4 rings (SSSR count). The Kier molecular flexibility index (Phi) is 7.79. The van der Waals surface area contributed by atoms with Crippen molar-refractivity contribution in [3.63, 3.8) is 0 Å². The second-order valence-corrected chi connectivity index (χ2v) is 8.87. The maximum absolute atomic E-state index is 13.3. The van der Waals surface area contributed by atoms with Gasteiger partial charge in [-0.25, -0.2) is 9.69 Å². The third-order valence-electron chi connectivity index (χ3n) is 5.40. The summed E-state index contributed by atoms with van der Waals surface area (Å²) in [6, 6.07) is 17.9. The van der Waals surface area contributed by atoms with Gasteiger partial charge in [0, 0.05) is 16.7 Å². The van der Waals surface area contributed by atoms with Crippen LogP contribution in [0.1, 0.15) is 25.0 Å². The zero-order valence-corrected chi connectivity index (χ0v) is 21.2. The molecule has 1 heterocycles. The van der Waals surface area contributed by atoms with Gasteiger partial charge in [-0.15, -0.1) is 0 Å². The Bertz CT molecular complexity index is 1350. The number of nitrogens with one attached hydrogen (secondary N) is 1. The Labute approximate surface area is 219 Å². The zero-order chi connectivity index (χ0) is 26.5. The number of benzene rings is 3. The van der Waals surface area contributed by atoms with Crippen LogP contribution in [0.3, 0.4) is 0 Å². The zero-order valence-electron chi connectivity index (χ0n) is 20.5. The van der Waals surface area contributed by atoms with Crippen LogP contribution in [0.15, 0.2) is 72.3 Å². The summed E-state index contributed by atoms with van der Waals surface area (Å²) in [7, 11) is 1.53. The van der Waals surface area contributed by atoms with Crippen LogP contribution in [-0.2, 0) is 16.2 Å². The molecular weight excluding hydrogens is 496 g/mol. The molecule has 1 fully saturated rings. The Balaban J connectivity index is 1.56. The fraction of sp³-hybridized carbons (Fsp3) is 0.179. The first-order chi connectivity index (χ1) is 17.7. The predicted molar refractivity (Wildman–Crippen MR) is 140 cm³/mol. The van der Waals surface area contributed by atoms with Crippen LogP contribution in [0, 0.1) is 0 Å². The highest BCUT2D eigenvalue weighted by Gasteiger charge is 2.37. The average Bonchev–Trinajstić information content (AvgIpc) is 2.87. The van der Waals surface area contributed by atoms with Gasteiger partial charge in [-0.05, 0) is 74.0 Å². The highest BCUT2D eigenvalue weighted by molar-refractivity contribution is 6.39. The summed E-state index contributed by atoms with van der Waals surface area (Å²) >= 11 is 5.91. The molecule has 1 aliphatic rings. The molecule has 0 spiro atoms. The van der Waals surface area contributed by atoms with Gasteiger partial charge in [0.1, 0.15) is 29.4 Å². The van der Waals surface area contributed by atoms with Gasteiger partial charge in [0.25, 0.3) is 11.8 Å². The van der Waals surface area contributed by atoms with Crippen molar-refractivity contribution in [3.8, 4) is 17.2 Å². The molecule has 8 nitrogen and oxygen atoms in total. The number of ether oxygens (including phenoxy) is 3. The fourth-order valence-corrected chi connectivity index (χ4v) is 3.73. The summed E-state index contributed by atoms with van der Waals surface area (Å²) in [5.41, 5.74) is 1.51. The number of carbonyl (C=O) groups excluding carboxylic acids is 3. The van der Waals surface area contributed by atoms with Crippen molar-refractivity contribution in [2.24, 2.45) is 0 Å². The van der Waals surface area contributed by atoms with E-state index >= 15 is 0 Å². The highest BCUT2D eigenvalue weighted by atomic mass is 35.5. The van der Waals surface area contributed by atoms with Gasteiger partial charge in [0.2, 0.25) is 0 Å². The topological polar surface area (TPSA) is 94.2 Å². The maximum Gasteiger partial charge on any atom is 0.335 e. The summed E-state index contributed by atoms with van der Waals surface area (Å²) in [5, 5.41) is 2.87. The van der Waals surface area contributed by atoms with Gasteiger partial charge in [-0.3, -0.25) is 14.9 Å². The predicted octanol–water partition coefficient (Wildman–Crippen LogP) is 5.38. The molecule has 0 saturated carbocycles. The SMILES string of the molecule is COc1ccc(/C=C2\C(=O)NC(=O)N(c3ccc(OCc4ccc(Cl)cc4)cc3)C2=O)c(OC(C)C)c1. The van der Waals surface area contributed by atoms with E-state index in [2.05, 4.69) is 5.32 Å². The molecule has 4 amide bonds. The minimum atomic E-state index is -0.838. The lowest BCUT2D eigenvalue weighted by Gasteiger charge is -2.26. The van der Waals surface area contributed by atoms with E-state index in [4.69, 9.17) is 25.8 Å². The lowest BCUT2D eigenvalue weighted by Crippen LogP contribution is -2.54. The molecule has 1 N–H and O–H groups in total. The maximum atomic E-state index is 13.3. The molecule has 0 aliphatic carbocycles. The van der Waals surface area contributed by atoms with E-state index in [0.29, 0.717) is 34.4 Å². The van der Waals surface area contributed by atoms with E-state index in [1.807, 2.05) is 26.0 Å². The number of hydrogen-bond donors (Lipinski definition) is 1. The number of anilines is 1. The fourth-order valence-electron chi connectivity index (χ4n) is 3.60. The first-order valence-electron chi connectivity index (χ1n) is 11.5. The minimum Gasteiger partial charge on any atom is -0.497 e. The van der Waals surface area contributed by atoms with E-state index < -0.39 is 17.8 Å². The lowest BCUT2D eigenvalue weighted by molar-refractivity contribution is -0.122.